The van der Waals surface area contributed by atoms with Gasteiger partial charge in [0.15, 0.2) is 23.0 Å². The van der Waals surface area contributed by atoms with Crippen LogP contribution in [-0.4, -0.2) is 34.2 Å². The van der Waals surface area contributed by atoms with Crippen molar-refractivity contribution in [3.8, 4) is 29.1 Å². The van der Waals surface area contributed by atoms with Crippen molar-refractivity contribution >= 4 is 5.78 Å². The largest absolute Gasteiger partial charge is 0.493 e. The van der Waals surface area contributed by atoms with Crippen LogP contribution in [0.5, 0.6) is 23.0 Å². The maximum absolute atomic E-state index is 13.3. The van der Waals surface area contributed by atoms with Gasteiger partial charge < -0.3 is 18.9 Å². The Morgan fingerprint density at radius 1 is 0.677 bits per heavy atom. The first-order valence-electron chi connectivity index (χ1n) is 10.3. The van der Waals surface area contributed by atoms with E-state index >= 15 is 0 Å². The third-order valence-corrected chi connectivity index (χ3v) is 6.08. The molecule has 0 amide bonds. The third-order valence-electron chi connectivity index (χ3n) is 6.08. The summed E-state index contributed by atoms with van der Waals surface area (Å²) in [5, 5.41) is 7.32. The van der Waals surface area contributed by atoms with E-state index in [2.05, 4.69) is 0 Å². The van der Waals surface area contributed by atoms with Gasteiger partial charge in [-0.25, -0.2) is 0 Å². The molecule has 0 N–H and O–H groups in total. The molecule has 4 rings (SSSR count). The predicted octanol–water partition coefficient (Wildman–Crippen LogP) is 3.95. The molecule has 0 spiro atoms. The number of hydrogen-bond donors (Lipinski definition) is 0. The summed E-state index contributed by atoms with van der Waals surface area (Å²) in [6.45, 7) is 1.43. The number of benzene rings is 2. The van der Waals surface area contributed by atoms with Crippen LogP contribution in [0.25, 0.3) is 0 Å². The Morgan fingerprint density at radius 2 is 0.903 bits per heavy atom. The molecule has 6 heteroatoms. The second kappa shape index (κ2) is 9.74. The molecule has 0 saturated heterocycles. The minimum Gasteiger partial charge on any atom is -0.493 e. The van der Waals surface area contributed by atoms with Gasteiger partial charge in [0.25, 0.3) is 0 Å². The zero-order valence-corrected chi connectivity index (χ0v) is 18.8. The lowest BCUT2D eigenvalue weighted by atomic mass is 9.89. The highest BCUT2D eigenvalue weighted by Gasteiger charge is 2.36. The van der Waals surface area contributed by atoms with Gasteiger partial charge in [-0.1, -0.05) is 0 Å². The molecule has 0 saturated carbocycles. The van der Waals surface area contributed by atoms with Crippen LogP contribution in [0.3, 0.4) is 0 Å². The molecule has 0 aliphatic heterocycles. The normalized spacial score (nSPS) is 18.6. The molecule has 2 bridgehead atoms. The standard InChI is InChI=1S/C23H26O5.C2H3N/c1-25-19-9-13-5-17-7-15-11-21(27-3)22(28-4)12-16(15)8-18(23(17)24)6-14(13)10-20(19)26-2;1-2-3/h9-12,17-18H,5-8H2,1-4H3;1H3. The molecule has 2 aromatic rings. The number of fused-ring (bicyclic) bond motifs is 4. The van der Waals surface area contributed by atoms with E-state index in [1.165, 1.54) is 29.2 Å². The van der Waals surface area contributed by atoms with Gasteiger partial charge >= 0.3 is 0 Å². The SMILES string of the molecule is CC#N.COc1cc2c(cc1OC)CC1Cc3cc(OC)c(OC)cc3CC(C2)C1=O. The summed E-state index contributed by atoms with van der Waals surface area (Å²) in [6, 6.07) is 9.89. The predicted molar refractivity (Wildman–Crippen MR) is 117 cm³/mol. The van der Waals surface area contributed by atoms with Gasteiger partial charge in [-0.05, 0) is 72.2 Å². The number of nitriles is 1. The zero-order valence-electron chi connectivity index (χ0n) is 18.8. The van der Waals surface area contributed by atoms with Gasteiger partial charge in [-0.3, -0.25) is 4.79 Å². The lowest BCUT2D eigenvalue weighted by Crippen LogP contribution is -2.24. The summed E-state index contributed by atoms with van der Waals surface area (Å²) in [6.07, 6.45) is 2.88. The summed E-state index contributed by atoms with van der Waals surface area (Å²) in [4.78, 5) is 13.3. The molecule has 164 valence electrons. The molecule has 2 aliphatic carbocycles. The maximum Gasteiger partial charge on any atom is 0.161 e. The fourth-order valence-electron chi connectivity index (χ4n) is 4.63. The van der Waals surface area contributed by atoms with Crippen molar-refractivity contribution in [3.05, 3.63) is 46.5 Å². The van der Waals surface area contributed by atoms with Crippen molar-refractivity contribution in [1.82, 2.24) is 0 Å². The first-order chi connectivity index (χ1) is 15.0. The van der Waals surface area contributed by atoms with E-state index in [1.807, 2.05) is 24.3 Å². The molecule has 0 fully saturated rings. The average molecular weight is 424 g/mol. The van der Waals surface area contributed by atoms with Crippen molar-refractivity contribution < 1.29 is 23.7 Å². The zero-order chi connectivity index (χ0) is 22.5. The van der Waals surface area contributed by atoms with Crippen LogP contribution in [0.1, 0.15) is 29.2 Å². The number of Topliss-reactive ketones (excluding diaryl/α,β-unsaturated/α-hetero) is 1. The van der Waals surface area contributed by atoms with E-state index in [4.69, 9.17) is 24.2 Å². The highest BCUT2D eigenvalue weighted by Crippen LogP contribution is 2.41. The lowest BCUT2D eigenvalue weighted by Gasteiger charge is -2.18. The molecule has 0 radical (unpaired) electrons. The minimum absolute atomic E-state index is 0.0382. The quantitative estimate of drug-likeness (QED) is 0.741. The van der Waals surface area contributed by atoms with Crippen LogP contribution in [0.15, 0.2) is 24.3 Å². The second-order valence-electron chi connectivity index (χ2n) is 7.79. The molecule has 0 aromatic heterocycles. The average Bonchev–Trinajstić information content (AvgIpc) is 2.98. The van der Waals surface area contributed by atoms with Crippen molar-refractivity contribution in [1.29, 1.82) is 5.26 Å². The number of methoxy groups -OCH3 is 4. The van der Waals surface area contributed by atoms with Gasteiger partial charge in [-0.2, -0.15) is 5.26 Å². The molecule has 0 heterocycles. The first-order valence-corrected chi connectivity index (χ1v) is 10.3. The number of rotatable bonds is 4. The lowest BCUT2D eigenvalue weighted by molar-refractivity contribution is -0.126. The van der Waals surface area contributed by atoms with E-state index in [0.29, 0.717) is 5.78 Å². The van der Waals surface area contributed by atoms with E-state index < -0.39 is 0 Å². The third kappa shape index (κ3) is 4.46. The molecular weight excluding hydrogens is 394 g/mol. The Morgan fingerprint density at radius 3 is 1.10 bits per heavy atom. The second-order valence-corrected chi connectivity index (χ2v) is 7.79. The highest BCUT2D eigenvalue weighted by molar-refractivity contribution is 5.86. The van der Waals surface area contributed by atoms with Gasteiger partial charge in [0.1, 0.15) is 5.78 Å². The monoisotopic (exact) mass is 423 g/mol. The molecule has 0 unspecified atom stereocenters. The number of nitrogens with zero attached hydrogens (tertiary/aromatic N) is 1. The van der Waals surface area contributed by atoms with E-state index in [0.717, 1.165) is 48.7 Å². The van der Waals surface area contributed by atoms with Gasteiger partial charge in [0.2, 0.25) is 0 Å². The van der Waals surface area contributed by atoms with Crippen molar-refractivity contribution in [2.45, 2.75) is 32.6 Å². The Balaban J connectivity index is 0.000000858. The smallest absolute Gasteiger partial charge is 0.161 e. The van der Waals surface area contributed by atoms with Crippen molar-refractivity contribution in [3.63, 3.8) is 0 Å². The fraction of sp³-hybridized carbons (Fsp3) is 0.440. The molecule has 2 aromatic carbocycles. The Hall–Kier alpha value is -3.20. The Labute approximate surface area is 183 Å². The number of carbonyl (C=O) groups is 1. The van der Waals surface area contributed by atoms with E-state index in [1.54, 1.807) is 34.5 Å². The highest BCUT2D eigenvalue weighted by atomic mass is 16.5. The van der Waals surface area contributed by atoms with Crippen LogP contribution in [0, 0.1) is 23.2 Å². The van der Waals surface area contributed by atoms with Crippen molar-refractivity contribution in [2.75, 3.05) is 28.4 Å². The number of ketones is 1. The molecular formula is C25H29NO5. The van der Waals surface area contributed by atoms with Crippen LogP contribution in [-0.2, 0) is 30.5 Å². The number of hydrogen-bond acceptors (Lipinski definition) is 6. The maximum atomic E-state index is 13.3. The van der Waals surface area contributed by atoms with Crippen LogP contribution < -0.4 is 18.9 Å². The van der Waals surface area contributed by atoms with E-state index in [-0.39, 0.29) is 11.8 Å². The summed E-state index contributed by atoms with van der Waals surface area (Å²) >= 11 is 0. The molecule has 6 nitrogen and oxygen atoms in total. The summed E-state index contributed by atoms with van der Waals surface area (Å²) in [7, 11) is 6.58. The summed E-state index contributed by atoms with van der Waals surface area (Å²) < 4.78 is 21.9. The van der Waals surface area contributed by atoms with Gasteiger partial charge in [0.05, 0.1) is 34.5 Å². The molecule has 2 aliphatic rings. The van der Waals surface area contributed by atoms with E-state index in [9.17, 15) is 4.79 Å². The Kier molecular flexibility index (Phi) is 7.06. The summed E-state index contributed by atoms with van der Waals surface area (Å²) in [5.41, 5.74) is 4.73. The van der Waals surface area contributed by atoms with Gasteiger partial charge in [0, 0.05) is 18.8 Å². The number of carbonyl (C=O) groups excluding carboxylic acids is 1. The Bertz CT molecular complexity index is 868. The molecule has 31 heavy (non-hydrogen) atoms. The van der Waals surface area contributed by atoms with Crippen LogP contribution >= 0.6 is 0 Å². The molecule has 0 atom stereocenters. The van der Waals surface area contributed by atoms with Crippen molar-refractivity contribution in [2.24, 2.45) is 11.8 Å². The van der Waals surface area contributed by atoms with Gasteiger partial charge in [-0.15, -0.1) is 0 Å². The van der Waals surface area contributed by atoms with Crippen LogP contribution in [0.2, 0.25) is 0 Å². The summed E-state index contributed by atoms with van der Waals surface area (Å²) in [5.74, 6) is 3.14. The fourth-order valence-corrected chi connectivity index (χ4v) is 4.63. The minimum atomic E-state index is -0.0382. The van der Waals surface area contributed by atoms with Crippen LogP contribution in [0.4, 0.5) is 0 Å². The number of ether oxygens (including phenoxy) is 4. The first kappa shape index (κ1) is 22.5. The topological polar surface area (TPSA) is 77.8 Å².